The summed E-state index contributed by atoms with van der Waals surface area (Å²) >= 11 is 0. The third-order valence-electron chi connectivity index (χ3n) is 4.09. The molecule has 0 spiro atoms. The molecule has 0 saturated carbocycles. The summed E-state index contributed by atoms with van der Waals surface area (Å²) in [6.07, 6.45) is 0. The molecule has 0 aliphatic heterocycles. The van der Waals surface area contributed by atoms with E-state index in [1.807, 2.05) is 30.3 Å². The van der Waals surface area contributed by atoms with Crippen LogP contribution in [0.2, 0.25) is 0 Å². The lowest BCUT2D eigenvalue weighted by Crippen LogP contribution is -2.23. The number of hydrogen-bond acceptors (Lipinski definition) is 4. The first kappa shape index (κ1) is 15.0. The van der Waals surface area contributed by atoms with Crippen LogP contribution in [0.25, 0.3) is 11.1 Å². The highest BCUT2D eigenvalue weighted by Gasteiger charge is 2.29. The molecule has 4 nitrogen and oxygen atoms in total. The molecule has 1 aliphatic rings. The van der Waals surface area contributed by atoms with Gasteiger partial charge >= 0.3 is 5.97 Å². The van der Waals surface area contributed by atoms with Gasteiger partial charge in [-0.25, -0.2) is 4.79 Å². The number of oxime groups is 1. The number of hydrogen-bond donors (Lipinski definition) is 0. The molecule has 4 heteroatoms. The van der Waals surface area contributed by atoms with Gasteiger partial charge in [0.1, 0.15) is 0 Å². The molecule has 0 saturated heterocycles. The van der Waals surface area contributed by atoms with Crippen molar-refractivity contribution >= 4 is 17.5 Å². The van der Waals surface area contributed by atoms with Crippen molar-refractivity contribution in [1.29, 1.82) is 0 Å². The number of carbonyl (C=O) groups excluding carboxylic acids is 2. The van der Waals surface area contributed by atoms with E-state index in [-0.39, 0.29) is 11.5 Å². The zero-order chi connectivity index (χ0) is 17.2. The molecule has 0 unspecified atom stereocenters. The molecule has 0 radical (unpaired) electrons. The van der Waals surface area contributed by atoms with Crippen LogP contribution in [-0.4, -0.2) is 17.5 Å². The van der Waals surface area contributed by atoms with Crippen molar-refractivity contribution in [1.82, 2.24) is 0 Å². The van der Waals surface area contributed by atoms with Crippen LogP contribution in [0.1, 0.15) is 26.3 Å². The van der Waals surface area contributed by atoms with Gasteiger partial charge in [0.05, 0.1) is 5.56 Å². The molecular weight excluding hydrogens is 314 g/mol. The molecule has 120 valence electrons. The van der Waals surface area contributed by atoms with Crippen molar-refractivity contribution in [3.63, 3.8) is 0 Å². The van der Waals surface area contributed by atoms with E-state index in [0.29, 0.717) is 16.7 Å². The van der Waals surface area contributed by atoms with Gasteiger partial charge in [-0.1, -0.05) is 71.9 Å². The van der Waals surface area contributed by atoms with Crippen molar-refractivity contribution in [2.45, 2.75) is 0 Å². The molecule has 0 N–H and O–H groups in total. The number of fused-ring (bicyclic) bond motifs is 3. The normalized spacial score (nSPS) is 13.9. The maximum Gasteiger partial charge on any atom is 0.365 e. The summed E-state index contributed by atoms with van der Waals surface area (Å²) in [6, 6.07) is 23.4. The maximum absolute atomic E-state index is 12.8. The molecule has 0 bridgehead atoms. The van der Waals surface area contributed by atoms with Crippen molar-refractivity contribution in [3.8, 4) is 11.1 Å². The van der Waals surface area contributed by atoms with Gasteiger partial charge in [-0.2, -0.15) is 0 Å². The maximum atomic E-state index is 12.8. The van der Waals surface area contributed by atoms with E-state index < -0.39 is 5.97 Å². The molecule has 0 aromatic heterocycles. The molecule has 3 aromatic rings. The molecular formula is C21H13NO3. The summed E-state index contributed by atoms with van der Waals surface area (Å²) < 4.78 is 0. The van der Waals surface area contributed by atoms with E-state index in [4.69, 9.17) is 4.84 Å². The molecule has 0 fully saturated rings. The highest BCUT2D eigenvalue weighted by molar-refractivity contribution is 6.54. The molecule has 4 rings (SSSR count). The minimum absolute atomic E-state index is 0.138. The van der Waals surface area contributed by atoms with Crippen LogP contribution in [0.3, 0.4) is 0 Å². The predicted molar refractivity (Wildman–Crippen MR) is 94.6 cm³/mol. The summed E-state index contributed by atoms with van der Waals surface area (Å²) in [5.41, 5.74) is 3.48. The van der Waals surface area contributed by atoms with Gasteiger partial charge in [0.25, 0.3) is 0 Å². The van der Waals surface area contributed by atoms with Gasteiger partial charge in [0, 0.05) is 11.1 Å². The molecule has 0 heterocycles. The average Bonchev–Trinajstić information content (AvgIpc) is 2.68. The second-order valence-corrected chi connectivity index (χ2v) is 5.60. The second-order valence-electron chi connectivity index (χ2n) is 5.60. The Hall–Kier alpha value is -3.53. The van der Waals surface area contributed by atoms with Gasteiger partial charge in [-0.05, 0) is 23.3 Å². The summed E-state index contributed by atoms with van der Waals surface area (Å²) in [5.74, 6) is -0.854. The highest BCUT2D eigenvalue weighted by Crippen LogP contribution is 2.33. The Morgan fingerprint density at radius 1 is 0.680 bits per heavy atom. The minimum atomic E-state index is -0.600. The van der Waals surface area contributed by atoms with Crippen molar-refractivity contribution in [2.75, 3.05) is 0 Å². The Morgan fingerprint density at radius 3 is 1.88 bits per heavy atom. The molecule has 1 aliphatic carbocycles. The second kappa shape index (κ2) is 6.17. The van der Waals surface area contributed by atoms with E-state index >= 15 is 0 Å². The number of ketones is 1. The Bertz CT molecular complexity index is 1010. The lowest BCUT2D eigenvalue weighted by Gasteiger charge is -2.19. The van der Waals surface area contributed by atoms with Gasteiger partial charge in [0.2, 0.25) is 5.78 Å². The smallest absolute Gasteiger partial charge is 0.312 e. The molecule has 25 heavy (non-hydrogen) atoms. The quantitative estimate of drug-likeness (QED) is 0.526. The van der Waals surface area contributed by atoms with E-state index in [9.17, 15) is 9.59 Å². The van der Waals surface area contributed by atoms with Crippen LogP contribution < -0.4 is 0 Å². The van der Waals surface area contributed by atoms with Crippen LogP contribution in [-0.2, 0) is 4.84 Å². The lowest BCUT2D eigenvalue weighted by molar-refractivity contribution is 0.0516. The van der Waals surface area contributed by atoms with Crippen molar-refractivity contribution in [3.05, 3.63) is 95.6 Å². The third kappa shape index (κ3) is 2.64. The Balaban J connectivity index is 1.75. The first-order valence-electron chi connectivity index (χ1n) is 7.83. The van der Waals surface area contributed by atoms with Crippen LogP contribution >= 0.6 is 0 Å². The average molecular weight is 327 g/mol. The van der Waals surface area contributed by atoms with E-state index in [2.05, 4.69) is 5.16 Å². The fourth-order valence-corrected chi connectivity index (χ4v) is 2.90. The number of Topliss-reactive ketones (excluding diaryl/α,β-unsaturated/α-hetero) is 1. The Morgan fingerprint density at radius 2 is 1.20 bits per heavy atom. The molecule has 0 amide bonds. The van der Waals surface area contributed by atoms with E-state index in [0.717, 1.165) is 11.1 Å². The van der Waals surface area contributed by atoms with E-state index in [1.165, 1.54) is 0 Å². The summed E-state index contributed by atoms with van der Waals surface area (Å²) in [7, 11) is 0. The molecule has 3 aromatic carbocycles. The monoisotopic (exact) mass is 327 g/mol. The lowest BCUT2D eigenvalue weighted by atomic mass is 9.83. The topological polar surface area (TPSA) is 55.7 Å². The fourth-order valence-electron chi connectivity index (χ4n) is 2.90. The highest BCUT2D eigenvalue weighted by atomic mass is 16.7. The number of carbonyl (C=O) groups is 2. The van der Waals surface area contributed by atoms with Crippen molar-refractivity contribution in [2.24, 2.45) is 5.16 Å². The van der Waals surface area contributed by atoms with Gasteiger partial charge in [-0.15, -0.1) is 0 Å². The molecule has 0 atom stereocenters. The van der Waals surface area contributed by atoms with Gasteiger partial charge < -0.3 is 4.84 Å². The predicted octanol–water partition coefficient (Wildman–Crippen LogP) is 4.11. The number of nitrogens with zero attached hydrogens (tertiary/aromatic N) is 1. The standard InChI is InChI=1S/C21H13NO3/c23-20-18-13-7-5-11-16(18)15-10-4-6-12-17(15)19(20)22-25-21(24)14-8-2-1-3-9-14/h1-13H. The van der Waals surface area contributed by atoms with Crippen LogP contribution in [0.4, 0.5) is 0 Å². The van der Waals surface area contributed by atoms with Crippen molar-refractivity contribution < 1.29 is 14.4 Å². The Labute approximate surface area is 144 Å². The first-order chi connectivity index (χ1) is 12.3. The Kier molecular flexibility index (Phi) is 3.71. The zero-order valence-corrected chi connectivity index (χ0v) is 13.2. The van der Waals surface area contributed by atoms with Gasteiger partial charge in [0.15, 0.2) is 5.71 Å². The first-order valence-corrected chi connectivity index (χ1v) is 7.83. The summed E-state index contributed by atoms with van der Waals surface area (Å²) in [6.45, 7) is 0. The van der Waals surface area contributed by atoms with E-state index in [1.54, 1.807) is 48.5 Å². The number of benzene rings is 3. The van der Waals surface area contributed by atoms with Crippen LogP contribution in [0, 0.1) is 0 Å². The number of rotatable bonds is 2. The summed E-state index contributed by atoms with van der Waals surface area (Å²) in [5, 5.41) is 3.90. The largest absolute Gasteiger partial charge is 0.365 e. The third-order valence-corrected chi connectivity index (χ3v) is 4.09. The van der Waals surface area contributed by atoms with Crippen LogP contribution in [0.5, 0.6) is 0 Å². The zero-order valence-electron chi connectivity index (χ0n) is 13.2. The SMILES string of the molecule is O=C(ON=C1C(=O)c2ccccc2-c2ccccc21)c1ccccc1. The van der Waals surface area contributed by atoms with Crippen LogP contribution in [0.15, 0.2) is 84.0 Å². The van der Waals surface area contributed by atoms with Gasteiger partial charge in [-0.3, -0.25) is 4.79 Å². The minimum Gasteiger partial charge on any atom is -0.312 e. The fraction of sp³-hybridized carbons (Fsp3) is 0. The summed E-state index contributed by atoms with van der Waals surface area (Å²) in [4.78, 5) is 30.0.